The molecule has 0 amide bonds. The van der Waals surface area contributed by atoms with Gasteiger partial charge in [-0.25, -0.2) is 8.42 Å². The van der Waals surface area contributed by atoms with Crippen LogP contribution in [0, 0.1) is 0 Å². The Morgan fingerprint density at radius 3 is 2.27 bits per heavy atom. The van der Waals surface area contributed by atoms with Crippen LogP contribution in [0.5, 0.6) is 0 Å². The van der Waals surface area contributed by atoms with Gasteiger partial charge in [0.2, 0.25) is 10.0 Å². The van der Waals surface area contributed by atoms with Gasteiger partial charge in [0.05, 0.1) is 24.5 Å². The summed E-state index contributed by atoms with van der Waals surface area (Å²) in [5.74, 6) is 0.209. The number of ether oxygens (including phenoxy) is 2. The van der Waals surface area contributed by atoms with Crippen molar-refractivity contribution in [1.82, 2.24) is 14.2 Å². The molecule has 4 aromatic rings. The molecule has 0 saturated carbocycles. The molecule has 0 spiro atoms. The quantitative estimate of drug-likeness (QED) is 0.215. The second-order valence-corrected chi connectivity index (χ2v) is 12.8. The van der Waals surface area contributed by atoms with Crippen molar-refractivity contribution < 1.29 is 17.9 Å². The molecule has 2 atom stereocenters. The fourth-order valence-corrected chi connectivity index (χ4v) is 6.45. The Balaban J connectivity index is 1.32. The highest BCUT2D eigenvalue weighted by Crippen LogP contribution is 2.33. The van der Waals surface area contributed by atoms with Crippen LogP contribution < -0.4 is 5.32 Å². The molecule has 1 aromatic heterocycles. The Kier molecular flexibility index (Phi) is 9.34. The average Bonchev–Trinajstić information content (AvgIpc) is 3.62. The lowest BCUT2D eigenvalue weighted by molar-refractivity contribution is 0.0666. The zero-order valence-electron chi connectivity index (χ0n) is 23.3. The number of nitrogens with one attached hydrogen (secondary N) is 1. The van der Waals surface area contributed by atoms with Crippen molar-refractivity contribution in [2.45, 2.75) is 57.4 Å². The van der Waals surface area contributed by atoms with Crippen LogP contribution in [0.4, 0.5) is 0 Å². The first kappa shape index (κ1) is 28.5. The number of benzene rings is 3. The molecular weight excluding hydrogens is 522 g/mol. The van der Waals surface area contributed by atoms with E-state index in [-0.39, 0.29) is 12.5 Å². The van der Waals surface area contributed by atoms with E-state index in [9.17, 15) is 8.42 Å². The molecule has 40 heavy (non-hydrogen) atoms. The number of hydrogen-bond donors (Lipinski definition) is 1. The van der Waals surface area contributed by atoms with Crippen molar-refractivity contribution in [3.05, 3.63) is 107 Å². The lowest BCUT2D eigenvalue weighted by Crippen LogP contribution is -2.30. The Hall–Kier alpha value is -3.01. The second-order valence-electron chi connectivity index (χ2n) is 10.7. The van der Waals surface area contributed by atoms with Crippen LogP contribution in [0.3, 0.4) is 0 Å². The molecule has 2 unspecified atom stereocenters. The Labute approximate surface area is 237 Å². The molecule has 1 fully saturated rings. The van der Waals surface area contributed by atoms with Crippen molar-refractivity contribution in [3.8, 4) is 0 Å². The molecule has 212 valence electrons. The number of aromatic nitrogens is 1. The summed E-state index contributed by atoms with van der Waals surface area (Å²) in [6.07, 6.45) is 4.50. The lowest BCUT2D eigenvalue weighted by Gasteiger charge is -2.19. The van der Waals surface area contributed by atoms with E-state index in [1.165, 1.54) is 16.3 Å². The first-order valence-electron chi connectivity index (χ1n) is 13.9. The van der Waals surface area contributed by atoms with Crippen LogP contribution in [0.2, 0.25) is 0 Å². The van der Waals surface area contributed by atoms with Crippen LogP contribution in [0.15, 0.2) is 85.1 Å². The van der Waals surface area contributed by atoms with Gasteiger partial charge < -0.3 is 19.4 Å². The van der Waals surface area contributed by atoms with E-state index in [4.69, 9.17) is 9.47 Å². The Morgan fingerprint density at radius 2 is 1.62 bits per heavy atom. The van der Waals surface area contributed by atoms with Crippen LogP contribution in [-0.4, -0.2) is 43.7 Å². The molecule has 0 bridgehead atoms. The first-order valence-corrected chi connectivity index (χ1v) is 15.5. The second kappa shape index (κ2) is 13.1. The van der Waals surface area contributed by atoms with Gasteiger partial charge in [0.1, 0.15) is 13.5 Å². The van der Waals surface area contributed by atoms with E-state index in [0.717, 1.165) is 40.6 Å². The molecule has 0 radical (unpaired) electrons. The molecule has 1 N–H and O–H groups in total. The minimum atomic E-state index is -3.56. The minimum absolute atomic E-state index is 0.00420. The summed E-state index contributed by atoms with van der Waals surface area (Å²) in [5.41, 5.74) is 5.17. The highest BCUT2D eigenvalue weighted by molar-refractivity contribution is 7.88. The maximum Gasteiger partial charge on any atom is 0.219 e. The molecule has 1 aliphatic rings. The topological polar surface area (TPSA) is 72.8 Å². The zero-order valence-corrected chi connectivity index (χ0v) is 24.1. The maximum atomic E-state index is 13.2. The molecule has 8 heteroatoms. The van der Waals surface area contributed by atoms with Gasteiger partial charge in [-0.2, -0.15) is 4.31 Å². The Bertz CT molecular complexity index is 1480. The molecule has 7 nitrogen and oxygen atoms in total. The standard InChI is InChI=1S/C32H39N3O4S/c1-25(31-14-9-17-33-31)30-19-35(24-39-21-27-12-7-4-8-13-27)32-16-15-28(18-29(30)32)22-40(36,37)34(2)23-38-20-26-10-5-3-6-11-26/h3-8,10-13,15-16,18-19,25,31,33H,9,14,17,20-24H2,1-2H3. The van der Waals surface area contributed by atoms with Crippen LogP contribution >= 0.6 is 0 Å². The van der Waals surface area contributed by atoms with E-state index in [1.807, 2.05) is 66.7 Å². The van der Waals surface area contributed by atoms with E-state index in [2.05, 4.69) is 35.1 Å². The van der Waals surface area contributed by atoms with Gasteiger partial charge in [-0.3, -0.25) is 0 Å². The third kappa shape index (κ3) is 7.00. The van der Waals surface area contributed by atoms with Gasteiger partial charge in [-0.05, 0) is 59.7 Å². The van der Waals surface area contributed by atoms with Crippen LogP contribution in [0.1, 0.15) is 47.9 Å². The first-order chi connectivity index (χ1) is 19.4. The van der Waals surface area contributed by atoms with Crippen molar-refractivity contribution in [2.24, 2.45) is 0 Å². The van der Waals surface area contributed by atoms with Gasteiger partial charge >= 0.3 is 0 Å². The van der Waals surface area contributed by atoms with Crippen LogP contribution in [-0.2, 0) is 45.2 Å². The maximum absolute atomic E-state index is 13.2. The largest absolute Gasteiger partial charge is 0.360 e. The van der Waals surface area contributed by atoms with E-state index < -0.39 is 10.0 Å². The highest BCUT2D eigenvalue weighted by Gasteiger charge is 2.26. The minimum Gasteiger partial charge on any atom is -0.360 e. The number of nitrogens with zero attached hydrogens (tertiary/aromatic N) is 2. The predicted octanol–water partition coefficient (Wildman–Crippen LogP) is 5.61. The number of fused-ring (bicyclic) bond motifs is 1. The highest BCUT2D eigenvalue weighted by atomic mass is 32.2. The summed E-state index contributed by atoms with van der Waals surface area (Å²) in [4.78, 5) is 0. The smallest absolute Gasteiger partial charge is 0.219 e. The van der Waals surface area contributed by atoms with Crippen molar-refractivity contribution in [2.75, 3.05) is 20.3 Å². The average molecular weight is 562 g/mol. The van der Waals surface area contributed by atoms with Crippen molar-refractivity contribution >= 4 is 20.9 Å². The van der Waals surface area contributed by atoms with Gasteiger partial charge in [0.25, 0.3) is 0 Å². The summed E-state index contributed by atoms with van der Waals surface area (Å²) < 4.78 is 41.6. The number of sulfonamides is 1. The fraction of sp³-hybridized carbons (Fsp3) is 0.375. The van der Waals surface area contributed by atoms with Crippen molar-refractivity contribution in [3.63, 3.8) is 0 Å². The van der Waals surface area contributed by atoms with E-state index in [1.54, 1.807) is 7.05 Å². The summed E-state index contributed by atoms with van der Waals surface area (Å²) in [6, 6.07) is 26.3. The summed E-state index contributed by atoms with van der Waals surface area (Å²) in [6.45, 7) is 4.62. The fourth-order valence-electron chi connectivity index (χ4n) is 5.39. The third-order valence-corrected chi connectivity index (χ3v) is 9.47. The van der Waals surface area contributed by atoms with Gasteiger partial charge in [0.15, 0.2) is 0 Å². The van der Waals surface area contributed by atoms with Crippen LogP contribution in [0.25, 0.3) is 10.9 Å². The molecule has 2 heterocycles. The molecule has 1 saturated heterocycles. The van der Waals surface area contributed by atoms with Gasteiger partial charge in [0, 0.05) is 24.7 Å². The van der Waals surface area contributed by atoms with E-state index >= 15 is 0 Å². The molecule has 1 aliphatic heterocycles. The number of hydrogen-bond acceptors (Lipinski definition) is 5. The molecule has 0 aliphatic carbocycles. The Morgan fingerprint density at radius 1 is 0.950 bits per heavy atom. The molecular formula is C32H39N3O4S. The third-order valence-electron chi connectivity index (χ3n) is 7.72. The summed E-state index contributed by atoms with van der Waals surface area (Å²) in [7, 11) is -1.99. The monoisotopic (exact) mass is 561 g/mol. The van der Waals surface area contributed by atoms with E-state index in [0.29, 0.717) is 31.9 Å². The molecule has 5 rings (SSSR count). The molecule has 3 aromatic carbocycles. The zero-order chi connectivity index (χ0) is 28.0. The van der Waals surface area contributed by atoms with Gasteiger partial charge in [-0.15, -0.1) is 0 Å². The van der Waals surface area contributed by atoms with Crippen molar-refractivity contribution in [1.29, 1.82) is 0 Å². The number of rotatable bonds is 13. The summed E-state index contributed by atoms with van der Waals surface area (Å²) in [5, 5.41) is 4.72. The summed E-state index contributed by atoms with van der Waals surface area (Å²) >= 11 is 0. The van der Waals surface area contributed by atoms with Gasteiger partial charge in [-0.1, -0.05) is 73.7 Å². The SMILES string of the molecule is CC(c1cn(COCc2ccccc2)c2ccc(CS(=O)(=O)N(C)COCc3ccccc3)cc12)C1CCCN1. The lowest BCUT2D eigenvalue weighted by atomic mass is 9.92. The normalized spacial score (nSPS) is 16.6. The predicted molar refractivity (Wildman–Crippen MR) is 159 cm³/mol.